The minimum atomic E-state index is -0.360. The van der Waals surface area contributed by atoms with E-state index in [0.29, 0.717) is 19.2 Å². The van der Waals surface area contributed by atoms with E-state index < -0.39 is 0 Å². The van der Waals surface area contributed by atoms with Gasteiger partial charge in [0.25, 0.3) is 0 Å². The van der Waals surface area contributed by atoms with Gasteiger partial charge >= 0.3 is 0 Å². The number of nitrogens with zero attached hydrogens (tertiary/aromatic N) is 1. The fourth-order valence-electron chi connectivity index (χ4n) is 1.67. The molecule has 1 N–H and O–H groups in total. The third-order valence-electron chi connectivity index (χ3n) is 2.91. The highest BCUT2D eigenvalue weighted by Crippen LogP contribution is 2.04. The molecule has 2 unspecified atom stereocenters. The number of rotatable bonds is 10. The first kappa shape index (κ1) is 15.9. The Morgan fingerprint density at radius 2 is 1.94 bits per heavy atom. The molecular weight excluding hydrogens is 202 g/mol. The predicted octanol–water partition coefficient (Wildman–Crippen LogP) is 2.28. The first-order chi connectivity index (χ1) is 7.61. The van der Waals surface area contributed by atoms with Gasteiger partial charge in [-0.15, -0.1) is 0 Å². The zero-order valence-corrected chi connectivity index (χ0v) is 11.4. The number of unbranched alkanes of at least 4 members (excludes halogenated alkanes) is 1. The van der Waals surface area contributed by atoms with Crippen LogP contribution in [-0.2, 0) is 4.74 Å². The summed E-state index contributed by atoms with van der Waals surface area (Å²) >= 11 is 0. The second-order valence-electron chi connectivity index (χ2n) is 4.66. The maximum absolute atomic E-state index is 9.77. The summed E-state index contributed by atoms with van der Waals surface area (Å²) in [6, 6.07) is 0.537. The summed E-state index contributed by atoms with van der Waals surface area (Å²) in [5.41, 5.74) is 0. The number of aliphatic hydroxyl groups excluding tert-OH is 1. The molecule has 0 fully saturated rings. The third-order valence-corrected chi connectivity index (χ3v) is 2.91. The van der Waals surface area contributed by atoms with Gasteiger partial charge in [0.2, 0.25) is 0 Å². The van der Waals surface area contributed by atoms with Crippen molar-refractivity contribution in [3.63, 3.8) is 0 Å². The van der Waals surface area contributed by atoms with E-state index in [-0.39, 0.29) is 6.10 Å². The Morgan fingerprint density at radius 1 is 1.25 bits per heavy atom. The van der Waals surface area contributed by atoms with Crippen LogP contribution >= 0.6 is 0 Å². The summed E-state index contributed by atoms with van der Waals surface area (Å²) in [6.45, 7) is 8.46. The monoisotopic (exact) mass is 231 g/mol. The Balaban J connectivity index is 3.56. The molecule has 0 aromatic carbocycles. The van der Waals surface area contributed by atoms with Gasteiger partial charge in [-0.1, -0.05) is 26.7 Å². The van der Waals surface area contributed by atoms with Crippen LogP contribution in [0.2, 0.25) is 0 Å². The molecule has 0 aromatic rings. The Morgan fingerprint density at radius 3 is 2.50 bits per heavy atom. The molecule has 3 heteroatoms. The predicted molar refractivity (Wildman–Crippen MR) is 68.7 cm³/mol. The summed E-state index contributed by atoms with van der Waals surface area (Å²) in [5.74, 6) is 0. The molecule has 0 aliphatic rings. The van der Waals surface area contributed by atoms with E-state index in [9.17, 15) is 5.11 Å². The summed E-state index contributed by atoms with van der Waals surface area (Å²) < 4.78 is 5.40. The lowest BCUT2D eigenvalue weighted by Gasteiger charge is -2.26. The van der Waals surface area contributed by atoms with E-state index in [1.807, 2.05) is 0 Å². The molecular formula is C13H29NO2. The second kappa shape index (κ2) is 10.1. The maximum Gasteiger partial charge on any atom is 0.0900 e. The van der Waals surface area contributed by atoms with E-state index in [2.05, 4.69) is 32.7 Å². The van der Waals surface area contributed by atoms with Crippen molar-refractivity contribution in [2.45, 2.75) is 58.6 Å². The van der Waals surface area contributed by atoms with Gasteiger partial charge in [0, 0.05) is 19.2 Å². The molecule has 0 aliphatic heterocycles. The van der Waals surface area contributed by atoms with E-state index in [4.69, 9.17) is 4.74 Å². The lowest BCUT2D eigenvalue weighted by molar-refractivity contribution is 0.0139. The topological polar surface area (TPSA) is 32.7 Å². The fraction of sp³-hybridized carbons (Fsp3) is 1.00. The molecule has 0 heterocycles. The number of aliphatic hydroxyl groups is 1. The summed E-state index contributed by atoms with van der Waals surface area (Å²) in [7, 11) is 2.07. The average molecular weight is 231 g/mol. The lowest BCUT2D eigenvalue weighted by atomic mass is 10.1. The van der Waals surface area contributed by atoms with Crippen LogP contribution in [0.25, 0.3) is 0 Å². The molecule has 2 atom stereocenters. The fourth-order valence-corrected chi connectivity index (χ4v) is 1.67. The van der Waals surface area contributed by atoms with Gasteiger partial charge in [0.05, 0.1) is 12.7 Å². The van der Waals surface area contributed by atoms with Crippen LogP contribution in [-0.4, -0.2) is 49.0 Å². The molecule has 3 nitrogen and oxygen atoms in total. The quantitative estimate of drug-likeness (QED) is 0.586. The molecule has 0 aliphatic carbocycles. The molecule has 0 saturated heterocycles. The van der Waals surface area contributed by atoms with Gasteiger partial charge < -0.3 is 14.7 Å². The van der Waals surface area contributed by atoms with Crippen molar-refractivity contribution < 1.29 is 9.84 Å². The first-order valence-electron chi connectivity index (χ1n) is 6.57. The third kappa shape index (κ3) is 8.08. The van der Waals surface area contributed by atoms with Gasteiger partial charge in [0.1, 0.15) is 0 Å². The van der Waals surface area contributed by atoms with Crippen LogP contribution in [0.3, 0.4) is 0 Å². The van der Waals surface area contributed by atoms with Crippen molar-refractivity contribution in [2.75, 3.05) is 26.8 Å². The number of hydrogen-bond acceptors (Lipinski definition) is 3. The summed E-state index contributed by atoms with van der Waals surface area (Å²) in [4.78, 5) is 2.21. The number of likely N-dealkylation sites (N-methyl/N-ethyl adjacent to an activating group) is 1. The standard InChI is InChI=1S/C13H29NO2/c1-5-7-9-16-11-13(15)10-14(4)12(3)8-6-2/h12-13,15H,5-11H2,1-4H3. The van der Waals surface area contributed by atoms with Crippen LogP contribution in [0.5, 0.6) is 0 Å². The second-order valence-corrected chi connectivity index (χ2v) is 4.66. The highest BCUT2D eigenvalue weighted by Gasteiger charge is 2.12. The van der Waals surface area contributed by atoms with E-state index in [0.717, 1.165) is 19.4 Å². The molecule has 98 valence electrons. The van der Waals surface area contributed by atoms with E-state index >= 15 is 0 Å². The highest BCUT2D eigenvalue weighted by molar-refractivity contribution is 4.67. The van der Waals surface area contributed by atoms with Crippen LogP contribution in [0.1, 0.15) is 46.5 Å². The van der Waals surface area contributed by atoms with Crippen molar-refractivity contribution in [3.8, 4) is 0 Å². The van der Waals surface area contributed by atoms with Crippen LogP contribution in [0.4, 0.5) is 0 Å². The molecule has 0 saturated carbocycles. The summed E-state index contributed by atoms with van der Waals surface area (Å²) in [5, 5.41) is 9.77. The van der Waals surface area contributed by atoms with Crippen LogP contribution in [0, 0.1) is 0 Å². The smallest absolute Gasteiger partial charge is 0.0900 e. The first-order valence-corrected chi connectivity index (χ1v) is 6.57. The van der Waals surface area contributed by atoms with Crippen molar-refractivity contribution >= 4 is 0 Å². The molecule has 0 aromatic heterocycles. The minimum Gasteiger partial charge on any atom is -0.389 e. The zero-order valence-electron chi connectivity index (χ0n) is 11.4. The largest absolute Gasteiger partial charge is 0.389 e. The maximum atomic E-state index is 9.77. The van der Waals surface area contributed by atoms with Gasteiger partial charge in [-0.3, -0.25) is 0 Å². The molecule has 16 heavy (non-hydrogen) atoms. The molecule has 0 spiro atoms. The average Bonchev–Trinajstić information content (AvgIpc) is 2.24. The Bertz CT molecular complexity index is 153. The van der Waals surface area contributed by atoms with Gasteiger partial charge in [0.15, 0.2) is 0 Å². The molecule has 0 radical (unpaired) electrons. The number of hydrogen-bond donors (Lipinski definition) is 1. The molecule has 0 amide bonds. The van der Waals surface area contributed by atoms with Crippen molar-refractivity contribution in [3.05, 3.63) is 0 Å². The van der Waals surface area contributed by atoms with Crippen LogP contribution in [0.15, 0.2) is 0 Å². The summed E-state index contributed by atoms with van der Waals surface area (Å²) in [6.07, 6.45) is 4.23. The van der Waals surface area contributed by atoms with Crippen molar-refractivity contribution in [1.29, 1.82) is 0 Å². The van der Waals surface area contributed by atoms with Gasteiger partial charge in [-0.05, 0) is 26.8 Å². The SMILES string of the molecule is CCCCOCC(O)CN(C)C(C)CCC. The van der Waals surface area contributed by atoms with Crippen molar-refractivity contribution in [2.24, 2.45) is 0 Å². The minimum absolute atomic E-state index is 0.360. The molecule has 0 rings (SSSR count). The van der Waals surface area contributed by atoms with Gasteiger partial charge in [-0.25, -0.2) is 0 Å². The van der Waals surface area contributed by atoms with Crippen molar-refractivity contribution in [1.82, 2.24) is 4.90 Å². The number of ether oxygens (including phenoxy) is 1. The molecule has 0 bridgehead atoms. The van der Waals surface area contributed by atoms with Crippen LogP contribution < -0.4 is 0 Å². The van der Waals surface area contributed by atoms with E-state index in [1.165, 1.54) is 12.8 Å². The Hall–Kier alpha value is -0.120. The Kier molecular flexibility index (Phi) is 9.99. The Labute approximate surface area is 101 Å². The zero-order chi connectivity index (χ0) is 12.4. The highest BCUT2D eigenvalue weighted by atomic mass is 16.5. The lowest BCUT2D eigenvalue weighted by Crippen LogP contribution is -2.37. The normalized spacial score (nSPS) is 15.4. The van der Waals surface area contributed by atoms with Gasteiger partial charge in [-0.2, -0.15) is 0 Å². The van der Waals surface area contributed by atoms with E-state index in [1.54, 1.807) is 0 Å².